The van der Waals surface area contributed by atoms with Gasteiger partial charge in [-0.25, -0.2) is 0 Å². The molecule has 0 radical (unpaired) electrons. The third-order valence-electron chi connectivity index (χ3n) is 2.79. The predicted molar refractivity (Wildman–Crippen MR) is 61.0 cm³/mol. The standard InChI is InChI=1S/C13H17F3O/c1-4-12(9(2)3)10-5-7-11(8-6-10)17-13(14,15)16/h5-9,12H,4H2,1-3H3. The van der Waals surface area contributed by atoms with E-state index in [1.165, 1.54) is 12.1 Å². The molecule has 0 heterocycles. The van der Waals surface area contributed by atoms with Crippen LogP contribution in [0.5, 0.6) is 5.75 Å². The summed E-state index contributed by atoms with van der Waals surface area (Å²) >= 11 is 0. The number of benzene rings is 1. The third-order valence-corrected chi connectivity index (χ3v) is 2.79. The van der Waals surface area contributed by atoms with Gasteiger partial charge in [-0.05, 0) is 36.0 Å². The smallest absolute Gasteiger partial charge is 0.406 e. The largest absolute Gasteiger partial charge is 0.573 e. The second kappa shape index (κ2) is 5.43. The normalized spacial score (nSPS) is 13.8. The van der Waals surface area contributed by atoms with Gasteiger partial charge in [0.1, 0.15) is 5.75 Å². The van der Waals surface area contributed by atoms with Crippen molar-refractivity contribution < 1.29 is 17.9 Å². The van der Waals surface area contributed by atoms with Crippen molar-refractivity contribution in [2.45, 2.75) is 39.5 Å². The fourth-order valence-electron chi connectivity index (χ4n) is 2.01. The monoisotopic (exact) mass is 246 g/mol. The highest BCUT2D eigenvalue weighted by molar-refractivity contribution is 5.29. The van der Waals surface area contributed by atoms with Crippen LogP contribution in [-0.4, -0.2) is 6.36 Å². The molecule has 1 nitrogen and oxygen atoms in total. The molecule has 0 aliphatic rings. The maximum atomic E-state index is 12.0. The number of hydrogen-bond acceptors (Lipinski definition) is 1. The first-order valence-electron chi connectivity index (χ1n) is 5.69. The van der Waals surface area contributed by atoms with Crippen molar-refractivity contribution in [2.24, 2.45) is 5.92 Å². The van der Waals surface area contributed by atoms with Gasteiger partial charge >= 0.3 is 6.36 Å². The first kappa shape index (κ1) is 13.9. The molecule has 0 saturated heterocycles. The molecule has 17 heavy (non-hydrogen) atoms. The minimum absolute atomic E-state index is 0.167. The van der Waals surface area contributed by atoms with Gasteiger partial charge in [-0.15, -0.1) is 13.2 Å². The Bertz CT molecular complexity index is 341. The van der Waals surface area contributed by atoms with E-state index in [2.05, 4.69) is 25.5 Å². The molecular weight excluding hydrogens is 229 g/mol. The van der Waals surface area contributed by atoms with Gasteiger partial charge in [-0.1, -0.05) is 32.9 Å². The van der Waals surface area contributed by atoms with Crippen LogP contribution in [0.3, 0.4) is 0 Å². The van der Waals surface area contributed by atoms with Gasteiger partial charge in [-0.2, -0.15) is 0 Å². The molecular formula is C13H17F3O. The summed E-state index contributed by atoms with van der Waals surface area (Å²) in [6.45, 7) is 6.29. The van der Waals surface area contributed by atoms with Crippen molar-refractivity contribution in [2.75, 3.05) is 0 Å². The van der Waals surface area contributed by atoms with E-state index in [0.29, 0.717) is 11.8 Å². The van der Waals surface area contributed by atoms with Crippen LogP contribution in [0, 0.1) is 5.92 Å². The summed E-state index contributed by atoms with van der Waals surface area (Å²) in [5, 5.41) is 0. The van der Waals surface area contributed by atoms with E-state index in [1.807, 2.05) is 0 Å². The summed E-state index contributed by atoms with van der Waals surface area (Å²) in [6.07, 6.45) is -3.65. The molecule has 96 valence electrons. The lowest BCUT2D eigenvalue weighted by atomic mass is 9.86. The lowest BCUT2D eigenvalue weighted by Crippen LogP contribution is -2.17. The summed E-state index contributed by atoms with van der Waals surface area (Å²) in [4.78, 5) is 0. The van der Waals surface area contributed by atoms with Crippen molar-refractivity contribution in [1.82, 2.24) is 0 Å². The summed E-state index contributed by atoms with van der Waals surface area (Å²) < 4.78 is 39.7. The van der Waals surface area contributed by atoms with Crippen LogP contribution >= 0.6 is 0 Å². The molecule has 0 aromatic heterocycles. The highest BCUT2D eigenvalue weighted by atomic mass is 19.4. The number of alkyl halides is 3. The van der Waals surface area contributed by atoms with E-state index in [1.54, 1.807) is 12.1 Å². The summed E-state index contributed by atoms with van der Waals surface area (Å²) in [6, 6.07) is 6.15. The van der Waals surface area contributed by atoms with E-state index in [0.717, 1.165) is 12.0 Å². The van der Waals surface area contributed by atoms with E-state index in [4.69, 9.17) is 0 Å². The molecule has 1 unspecified atom stereocenters. The number of hydrogen-bond donors (Lipinski definition) is 0. The molecule has 1 rings (SSSR count). The zero-order valence-corrected chi connectivity index (χ0v) is 10.2. The van der Waals surface area contributed by atoms with E-state index in [9.17, 15) is 13.2 Å². The van der Waals surface area contributed by atoms with Crippen LogP contribution < -0.4 is 4.74 Å². The maximum Gasteiger partial charge on any atom is 0.573 e. The van der Waals surface area contributed by atoms with Gasteiger partial charge < -0.3 is 4.74 Å². The van der Waals surface area contributed by atoms with E-state index in [-0.39, 0.29) is 5.75 Å². The number of ether oxygens (including phenoxy) is 1. The first-order chi connectivity index (χ1) is 7.83. The van der Waals surface area contributed by atoms with Crippen molar-refractivity contribution in [3.05, 3.63) is 29.8 Å². The lowest BCUT2D eigenvalue weighted by molar-refractivity contribution is -0.274. The number of rotatable bonds is 4. The molecule has 0 amide bonds. The number of halogens is 3. The highest BCUT2D eigenvalue weighted by Crippen LogP contribution is 2.30. The average Bonchev–Trinajstić information content (AvgIpc) is 2.18. The van der Waals surface area contributed by atoms with Crippen LogP contribution in [0.15, 0.2) is 24.3 Å². The molecule has 4 heteroatoms. The quantitative estimate of drug-likeness (QED) is 0.746. The van der Waals surface area contributed by atoms with Gasteiger partial charge in [0.15, 0.2) is 0 Å². The van der Waals surface area contributed by atoms with Gasteiger partial charge in [0.2, 0.25) is 0 Å². The van der Waals surface area contributed by atoms with Crippen LogP contribution in [0.2, 0.25) is 0 Å². The Labute approximate surface area is 99.6 Å². The maximum absolute atomic E-state index is 12.0. The zero-order chi connectivity index (χ0) is 13.1. The summed E-state index contributed by atoms with van der Waals surface area (Å²) in [5.41, 5.74) is 1.05. The van der Waals surface area contributed by atoms with Crippen LogP contribution in [0.25, 0.3) is 0 Å². The zero-order valence-electron chi connectivity index (χ0n) is 10.2. The molecule has 1 aromatic rings. The first-order valence-corrected chi connectivity index (χ1v) is 5.69. The Morgan fingerprint density at radius 1 is 1.12 bits per heavy atom. The van der Waals surface area contributed by atoms with Crippen molar-refractivity contribution in [3.63, 3.8) is 0 Å². The molecule has 0 N–H and O–H groups in total. The topological polar surface area (TPSA) is 9.23 Å². The Balaban J connectivity index is 2.80. The fraction of sp³-hybridized carbons (Fsp3) is 0.538. The molecule has 1 atom stereocenters. The molecule has 0 aliphatic heterocycles. The molecule has 0 aliphatic carbocycles. The lowest BCUT2D eigenvalue weighted by Gasteiger charge is -2.19. The SMILES string of the molecule is CCC(c1ccc(OC(F)(F)F)cc1)C(C)C. The van der Waals surface area contributed by atoms with Crippen molar-refractivity contribution in [3.8, 4) is 5.75 Å². The Kier molecular flexibility index (Phi) is 4.43. The molecule has 0 fully saturated rings. The second-order valence-corrected chi connectivity index (χ2v) is 4.38. The highest BCUT2D eigenvalue weighted by Gasteiger charge is 2.31. The molecule has 0 bridgehead atoms. The minimum Gasteiger partial charge on any atom is -0.406 e. The van der Waals surface area contributed by atoms with Crippen molar-refractivity contribution in [1.29, 1.82) is 0 Å². The Hall–Kier alpha value is -1.19. The Morgan fingerprint density at radius 3 is 2.00 bits per heavy atom. The van der Waals surface area contributed by atoms with E-state index < -0.39 is 6.36 Å². The Morgan fingerprint density at radius 2 is 1.65 bits per heavy atom. The van der Waals surface area contributed by atoms with E-state index >= 15 is 0 Å². The van der Waals surface area contributed by atoms with Crippen LogP contribution in [-0.2, 0) is 0 Å². The minimum atomic E-state index is -4.62. The molecule has 1 aromatic carbocycles. The van der Waals surface area contributed by atoms with Gasteiger partial charge in [0.05, 0.1) is 0 Å². The van der Waals surface area contributed by atoms with Crippen LogP contribution in [0.1, 0.15) is 38.7 Å². The fourth-order valence-corrected chi connectivity index (χ4v) is 2.01. The summed E-state index contributed by atoms with van der Waals surface area (Å²) in [7, 11) is 0. The third kappa shape index (κ3) is 4.29. The average molecular weight is 246 g/mol. The van der Waals surface area contributed by atoms with Gasteiger partial charge in [0, 0.05) is 0 Å². The summed E-state index contributed by atoms with van der Waals surface area (Å²) in [5.74, 6) is 0.671. The van der Waals surface area contributed by atoms with Crippen LogP contribution in [0.4, 0.5) is 13.2 Å². The molecule has 0 spiro atoms. The van der Waals surface area contributed by atoms with Crippen molar-refractivity contribution >= 4 is 0 Å². The molecule has 0 saturated carbocycles. The van der Waals surface area contributed by atoms with Gasteiger partial charge in [0.25, 0.3) is 0 Å². The van der Waals surface area contributed by atoms with Gasteiger partial charge in [-0.3, -0.25) is 0 Å². The predicted octanol–water partition coefficient (Wildman–Crippen LogP) is 4.73. The second-order valence-electron chi connectivity index (χ2n) is 4.38.